The van der Waals surface area contributed by atoms with Crippen molar-refractivity contribution >= 4 is 28.4 Å². The Hall–Kier alpha value is -2.40. The zero-order valence-electron chi connectivity index (χ0n) is 13.9. The van der Waals surface area contributed by atoms with Crippen molar-refractivity contribution in [2.24, 2.45) is 0 Å². The molecular formula is C20H18N2O2S. The summed E-state index contributed by atoms with van der Waals surface area (Å²) >= 11 is 1.37. The van der Waals surface area contributed by atoms with Gasteiger partial charge in [0.15, 0.2) is 10.9 Å². The van der Waals surface area contributed by atoms with E-state index in [2.05, 4.69) is 4.98 Å². The number of carbonyl (C=O) groups is 1. The quantitative estimate of drug-likeness (QED) is 0.395. The van der Waals surface area contributed by atoms with Crippen LogP contribution in [0.1, 0.15) is 36.2 Å². The first-order valence-electron chi connectivity index (χ1n) is 8.42. The molecule has 3 aromatic rings. The fourth-order valence-electron chi connectivity index (χ4n) is 2.91. The molecule has 2 aromatic carbocycles. The highest BCUT2D eigenvalue weighted by Gasteiger charge is 2.30. The van der Waals surface area contributed by atoms with Gasteiger partial charge in [-0.3, -0.25) is 14.2 Å². The average molecular weight is 350 g/mol. The second-order valence-corrected chi connectivity index (χ2v) is 7.62. The van der Waals surface area contributed by atoms with Crippen LogP contribution < -0.4 is 5.56 Å². The molecular weight excluding hydrogens is 332 g/mol. The van der Waals surface area contributed by atoms with Gasteiger partial charge in [0.1, 0.15) is 0 Å². The number of rotatable bonds is 5. The monoisotopic (exact) mass is 350 g/mol. The summed E-state index contributed by atoms with van der Waals surface area (Å²) in [5.41, 5.74) is 1.37. The molecule has 1 aliphatic rings. The maximum atomic E-state index is 12.9. The van der Waals surface area contributed by atoms with Crippen molar-refractivity contribution in [1.82, 2.24) is 9.55 Å². The summed E-state index contributed by atoms with van der Waals surface area (Å²) in [6.45, 7) is 1.87. The van der Waals surface area contributed by atoms with E-state index in [-0.39, 0.29) is 22.6 Å². The van der Waals surface area contributed by atoms with Crippen LogP contribution in [-0.4, -0.2) is 20.6 Å². The van der Waals surface area contributed by atoms with Crippen molar-refractivity contribution in [3.05, 3.63) is 70.5 Å². The van der Waals surface area contributed by atoms with Crippen molar-refractivity contribution in [2.75, 3.05) is 0 Å². The predicted molar refractivity (Wildman–Crippen MR) is 100 cm³/mol. The van der Waals surface area contributed by atoms with Gasteiger partial charge < -0.3 is 0 Å². The molecule has 126 valence electrons. The predicted octanol–water partition coefficient (Wildman–Crippen LogP) is 4.09. The first-order chi connectivity index (χ1) is 12.1. The lowest BCUT2D eigenvalue weighted by molar-refractivity contribution is 0.0994. The SMILES string of the molecule is CC(Sc1nc2ccccc2c(=O)n1C1CC1)C(=O)c1ccccc1. The highest BCUT2D eigenvalue weighted by atomic mass is 32.2. The van der Waals surface area contributed by atoms with E-state index in [0.29, 0.717) is 21.6 Å². The molecule has 1 fully saturated rings. The minimum atomic E-state index is -0.305. The smallest absolute Gasteiger partial charge is 0.262 e. The maximum absolute atomic E-state index is 12.9. The van der Waals surface area contributed by atoms with Gasteiger partial charge in [-0.1, -0.05) is 54.2 Å². The number of ketones is 1. The molecule has 0 radical (unpaired) electrons. The highest BCUT2D eigenvalue weighted by Crippen LogP contribution is 2.37. The van der Waals surface area contributed by atoms with Crippen LogP contribution in [-0.2, 0) is 0 Å². The summed E-state index contributed by atoms with van der Waals surface area (Å²) in [5, 5.41) is 0.976. The van der Waals surface area contributed by atoms with Crippen molar-refractivity contribution in [2.45, 2.75) is 36.2 Å². The lowest BCUT2D eigenvalue weighted by Gasteiger charge is -2.15. The van der Waals surface area contributed by atoms with E-state index in [0.717, 1.165) is 12.8 Å². The number of Topliss-reactive ketones (excluding diaryl/α,β-unsaturated/α-hetero) is 1. The van der Waals surface area contributed by atoms with E-state index in [1.807, 2.05) is 61.5 Å². The van der Waals surface area contributed by atoms with Crippen LogP contribution in [0.3, 0.4) is 0 Å². The Labute approximate surface area is 149 Å². The Morgan fingerprint density at radius 2 is 1.80 bits per heavy atom. The second-order valence-electron chi connectivity index (χ2n) is 6.31. The van der Waals surface area contributed by atoms with E-state index >= 15 is 0 Å². The van der Waals surface area contributed by atoms with Crippen molar-refractivity contribution < 1.29 is 4.79 Å². The van der Waals surface area contributed by atoms with Gasteiger partial charge in [-0.25, -0.2) is 4.98 Å². The summed E-state index contributed by atoms with van der Waals surface area (Å²) in [7, 11) is 0. The Morgan fingerprint density at radius 1 is 1.12 bits per heavy atom. The van der Waals surface area contributed by atoms with Crippen LogP contribution in [0.15, 0.2) is 64.5 Å². The van der Waals surface area contributed by atoms with E-state index < -0.39 is 0 Å². The van der Waals surface area contributed by atoms with Crippen molar-refractivity contribution in [3.8, 4) is 0 Å². The number of fused-ring (bicyclic) bond motifs is 1. The third-order valence-corrected chi connectivity index (χ3v) is 5.46. The highest BCUT2D eigenvalue weighted by molar-refractivity contribution is 8.00. The van der Waals surface area contributed by atoms with E-state index in [1.54, 1.807) is 4.57 Å². The van der Waals surface area contributed by atoms with Gasteiger partial charge in [0.05, 0.1) is 16.2 Å². The Balaban J connectivity index is 1.72. The summed E-state index contributed by atoms with van der Waals surface area (Å²) in [6.07, 6.45) is 1.99. The molecule has 1 saturated carbocycles. The maximum Gasteiger partial charge on any atom is 0.262 e. The molecule has 1 heterocycles. The Kier molecular flexibility index (Phi) is 4.17. The van der Waals surface area contributed by atoms with Crippen LogP contribution in [0.5, 0.6) is 0 Å². The van der Waals surface area contributed by atoms with Gasteiger partial charge in [-0.15, -0.1) is 0 Å². The van der Waals surface area contributed by atoms with Gasteiger partial charge in [-0.05, 0) is 31.9 Å². The number of para-hydroxylation sites is 1. The van der Waals surface area contributed by atoms with Gasteiger partial charge in [0, 0.05) is 11.6 Å². The van der Waals surface area contributed by atoms with Gasteiger partial charge >= 0.3 is 0 Å². The van der Waals surface area contributed by atoms with E-state index in [1.165, 1.54) is 11.8 Å². The summed E-state index contributed by atoms with van der Waals surface area (Å²) in [6, 6.07) is 16.9. The molecule has 4 nitrogen and oxygen atoms in total. The molecule has 4 rings (SSSR count). The summed E-state index contributed by atoms with van der Waals surface area (Å²) in [4.78, 5) is 30.2. The molecule has 0 aliphatic heterocycles. The third-order valence-electron chi connectivity index (χ3n) is 4.40. The molecule has 1 unspecified atom stereocenters. The Morgan fingerprint density at radius 3 is 2.52 bits per heavy atom. The average Bonchev–Trinajstić information content (AvgIpc) is 3.47. The molecule has 5 heteroatoms. The van der Waals surface area contributed by atoms with Gasteiger partial charge in [0.2, 0.25) is 0 Å². The molecule has 25 heavy (non-hydrogen) atoms. The number of carbonyl (C=O) groups excluding carboxylic acids is 1. The first kappa shape index (κ1) is 16.1. The number of hydrogen-bond acceptors (Lipinski definition) is 4. The largest absolute Gasteiger partial charge is 0.293 e. The zero-order chi connectivity index (χ0) is 17.4. The van der Waals surface area contributed by atoms with Crippen LogP contribution in [0.2, 0.25) is 0 Å². The molecule has 0 amide bonds. The second kappa shape index (κ2) is 6.48. The van der Waals surface area contributed by atoms with Crippen LogP contribution >= 0.6 is 11.8 Å². The number of hydrogen-bond donors (Lipinski definition) is 0. The van der Waals surface area contributed by atoms with Gasteiger partial charge in [0.25, 0.3) is 5.56 Å². The number of benzene rings is 2. The molecule has 0 spiro atoms. The standard InChI is InChI=1S/C20H18N2O2S/c1-13(18(23)14-7-3-2-4-8-14)25-20-21-17-10-6-5-9-16(17)19(24)22(20)15-11-12-15/h2-10,13,15H,11-12H2,1H3. The topological polar surface area (TPSA) is 52.0 Å². The molecule has 0 N–H and O–H groups in total. The summed E-state index contributed by atoms with van der Waals surface area (Å²) < 4.78 is 1.78. The minimum Gasteiger partial charge on any atom is -0.293 e. The lowest BCUT2D eigenvalue weighted by Crippen LogP contribution is -2.24. The third kappa shape index (κ3) is 3.12. The van der Waals surface area contributed by atoms with Crippen LogP contribution in [0.4, 0.5) is 0 Å². The fourth-order valence-corrected chi connectivity index (χ4v) is 3.97. The minimum absolute atomic E-state index is 0.00467. The number of thioether (sulfide) groups is 1. The van der Waals surface area contributed by atoms with E-state index in [9.17, 15) is 9.59 Å². The normalized spacial score (nSPS) is 15.2. The molecule has 0 bridgehead atoms. The lowest BCUT2D eigenvalue weighted by atomic mass is 10.1. The number of nitrogens with zero attached hydrogens (tertiary/aromatic N) is 2. The summed E-state index contributed by atoms with van der Waals surface area (Å²) in [5.74, 6) is 0.0513. The first-order valence-corrected chi connectivity index (χ1v) is 9.30. The van der Waals surface area contributed by atoms with Crippen LogP contribution in [0.25, 0.3) is 10.9 Å². The van der Waals surface area contributed by atoms with Gasteiger partial charge in [-0.2, -0.15) is 0 Å². The zero-order valence-corrected chi connectivity index (χ0v) is 14.7. The molecule has 1 aromatic heterocycles. The molecule has 0 saturated heterocycles. The van der Waals surface area contributed by atoms with Crippen LogP contribution in [0, 0.1) is 0 Å². The molecule has 1 aliphatic carbocycles. The number of aromatic nitrogens is 2. The molecule has 1 atom stereocenters. The van der Waals surface area contributed by atoms with E-state index in [4.69, 9.17) is 0 Å². The van der Waals surface area contributed by atoms with Crippen molar-refractivity contribution in [3.63, 3.8) is 0 Å². The fraction of sp³-hybridized carbons (Fsp3) is 0.250. The Bertz CT molecular complexity index is 993. The van der Waals surface area contributed by atoms with Crippen molar-refractivity contribution in [1.29, 1.82) is 0 Å².